The van der Waals surface area contributed by atoms with E-state index in [-0.39, 0.29) is 0 Å². The molecule has 0 amide bonds. The van der Waals surface area contributed by atoms with Gasteiger partial charge in [0.1, 0.15) is 24.7 Å². The number of nitrogens with zero attached hydrogens (tertiary/aromatic N) is 3. The fraction of sp³-hybridized carbons (Fsp3) is 0.333. The Morgan fingerprint density at radius 1 is 0.960 bits per heavy atom. The summed E-state index contributed by atoms with van der Waals surface area (Å²) in [6.45, 7) is 4.34. The standard InChI is InChI=1S/C18H18N4O3/c1-2-19-17(22-3-5-23-6-4-22)9-12(1)18-13-10-15-16(25-8-7-24-15)11-14(13)20-21-18/h1-2,9-11H,3-8H2,(H,20,21). The third-order valence-electron chi connectivity index (χ3n) is 4.58. The summed E-state index contributed by atoms with van der Waals surface area (Å²) in [5.41, 5.74) is 2.85. The molecule has 0 unspecified atom stereocenters. The topological polar surface area (TPSA) is 72.5 Å². The number of ether oxygens (including phenoxy) is 3. The normalized spacial score (nSPS) is 17.0. The first-order valence-electron chi connectivity index (χ1n) is 8.45. The van der Waals surface area contributed by atoms with Gasteiger partial charge in [0.2, 0.25) is 0 Å². The zero-order valence-corrected chi connectivity index (χ0v) is 13.7. The number of fused-ring (bicyclic) bond motifs is 2. The predicted octanol–water partition coefficient (Wildman–Crippen LogP) is 2.23. The molecule has 0 atom stereocenters. The van der Waals surface area contributed by atoms with Gasteiger partial charge in [0, 0.05) is 36.3 Å². The maximum absolute atomic E-state index is 5.71. The van der Waals surface area contributed by atoms with Crippen molar-refractivity contribution < 1.29 is 14.2 Å². The second kappa shape index (κ2) is 5.93. The second-order valence-electron chi connectivity index (χ2n) is 6.12. The van der Waals surface area contributed by atoms with Crippen molar-refractivity contribution in [3.63, 3.8) is 0 Å². The number of hydrogen-bond acceptors (Lipinski definition) is 6. The molecular weight excluding hydrogens is 320 g/mol. The van der Waals surface area contributed by atoms with Crippen molar-refractivity contribution >= 4 is 16.7 Å². The molecule has 0 spiro atoms. The van der Waals surface area contributed by atoms with Crippen LogP contribution in [0.15, 0.2) is 30.5 Å². The summed E-state index contributed by atoms with van der Waals surface area (Å²) in [7, 11) is 0. The van der Waals surface area contributed by atoms with E-state index in [1.165, 1.54) is 0 Å². The summed E-state index contributed by atoms with van der Waals surface area (Å²) in [5, 5.41) is 8.63. The summed E-state index contributed by atoms with van der Waals surface area (Å²) in [6, 6.07) is 8.01. The highest BCUT2D eigenvalue weighted by molar-refractivity contribution is 5.95. The Hall–Kier alpha value is -2.80. The molecule has 2 aliphatic rings. The van der Waals surface area contributed by atoms with Crippen LogP contribution in [-0.4, -0.2) is 54.7 Å². The lowest BCUT2D eigenvalue weighted by molar-refractivity contribution is 0.122. The molecule has 0 bridgehead atoms. The highest BCUT2D eigenvalue weighted by Gasteiger charge is 2.18. The maximum atomic E-state index is 5.71. The molecule has 2 aromatic heterocycles. The molecule has 5 rings (SSSR count). The number of nitrogens with one attached hydrogen (secondary N) is 1. The fourth-order valence-electron chi connectivity index (χ4n) is 3.30. The Kier molecular flexibility index (Phi) is 3.45. The van der Waals surface area contributed by atoms with Crippen molar-refractivity contribution in [3.05, 3.63) is 30.5 Å². The Morgan fingerprint density at radius 3 is 2.60 bits per heavy atom. The van der Waals surface area contributed by atoms with E-state index in [1.807, 2.05) is 24.4 Å². The van der Waals surface area contributed by atoms with Gasteiger partial charge in [-0.2, -0.15) is 5.10 Å². The number of anilines is 1. The Labute approximate surface area is 144 Å². The Balaban J connectivity index is 1.56. The van der Waals surface area contributed by atoms with E-state index in [1.54, 1.807) is 0 Å². The lowest BCUT2D eigenvalue weighted by Crippen LogP contribution is -2.36. The first kappa shape index (κ1) is 14.5. The van der Waals surface area contributed by atoms with Gasteiger partial charge in [-0.1, -0.05) is 0 Å². The van der Waals surface area contributed by atoms with Gasteiger partial charge >= 0.3 is 0 Å². The van der Waals surface area contributed by atoms with Crippen LogP contribution in [0.4, 0.5) is 5.82 Å². The van der Waals surface area contributed by atoms with Crippen molar-refractivity contribution in [1.82, 2.24) is 15.2 Å². The van der Waals surface area contributed by atoms with Crippen molar-refractivity contribution in [2.24, 2.45) is 0 Å². The predicted molar refractivity (Wildman–Crippen MR) is 93.3 cm³/mol. The minimum absolute atomic E-state index is 0.572. The highest BCUT2D eigenvalue weighted by Crippen LogP contribution is 2.37. The number of hydrogen-bond donors (Lipinski definition) is 1. The quantitative estimate of drug-likeness (QED) is 0.772. The van der Waals surface area contributed by atoms with E-state index in [2.05, 4.69) is 26.1 Å². The Morgan fingerprint density at radius 2 is 1.76 bits per heavy atom. The first-order chi connectivity index (χ1) is 12.4. The van der Waals surface area contributed by atoms with E-state index in [9.17, 15) is 0 Å². The van der Waals surface area contributed by atoms with Crippen LogP contribution in [-0.2, 0) is 4.74 Å². The summed E-state index contributed by atoms with van der Waals surface area (Å²) < 4.78 is 16.8. The summed E-state index contributed by atoms with van der Waals surface area (Å²) >= 11 is 0. The summed E-state index contributed by atoms with van der Waals surface area (Å²) in [5.74, 6) is 2.48. The number of rotatable bonds is 2. The Bertz CT molecular complexity index is 918. The molecule has 1 aromatic carbocycles. The zero-order valence-electron chi connectivity index (χ0n) is 13.7. The number of benzene rings is 1. The lowest BCUT2D eigenvalue weighted by atomic mass is 10.1. The zero-order chi connectivity index (χ0) is 16.6. The summed E-state index contributed by atoms with van der Waals surface area (Å²) in [6.07, 6.45) is 1.83. The maximum Gasteiger partial charge on any atom is 0.163 e. The van der Waals surface area contributed by atoms with Gasteiger partial charge in [-0.05, 0) is 18.2 Å². The second-order valence-corrected chi connectivity index (χ2v) is 6.12. The van der Waals surface area contributed by atoms with E-state index < -0.39 is 0 Å². The number of morpholine rings is 1. The van der Waals surface area contributed by atoms with Crippen LogP contribution in [0.2, 0.25) is 0 Å². The van der Waals surface area contributed by atoms with Gasteiger partial charge < -0.3 is 19.1 Å². The van der Waals surface area contributed by atoms with Gasteiger partial charge in [-0.15, -0.1) is 0 Å². The largest absolute Gasteiger partial charge is 0.486 e. The van der Waals surface area contributed by atoms with Gasteiger partial charge in [0.25, 0.3) is 0 Å². The number of pyridine rings is 1. The van der Waals surface area contributed by atoms with Gasteiger partial charge in [-0.3, -0.25) is 5.10 Å². The SMILES string of the molecule is c1cc(-c2n[nH]c3cc4c(cc23)OCCO4)cc(N2CCOCC2)n1. The molecule has 0 radical (unpaired) electrons. The van der Waals surface area contributed by atoms with Crippen LogP contribution in [0.25, 0.3) is 22.2 Å². The molecular formula is C18H18N4O3. The van der Waals surface area contributed by atoms with Crippen LogP contribution in [0.1, 0.15) is 0 Å². The highest BCUT2D eigenvalue weighted by atomic mass is 16.6. The van der Waals surface area contributed by atoms with Gasteiger partial charge in [-0.25, -0.2) is 4.98 Å². The van der Waals surface area contributed by atoms with Gasteiger partial charge in [0.05, 0.1) is 18.7 Å². The van der Waals surface area contributed by atoms with Crippen molar-refractivity contribution in [3.8, 4) is 22.8 Å². The first-order valence-corrected chi connectivity index (χ1v) is 8.45. The van der Waals surface area contributed by atoms with Crippen molar-refractivity contribution in [2.75, 3.05) is 44.4 Å². The molecule has 2 aliphatic heterocycles. The molecule has 1 fully saturated rings. The van der Waals surface area contributed by atoms with Gasteiger partial charge in [0.15, 0.2) is 11.5 Å². The lowest BCUT2D eigenvalue weighted by Gasteiger charge is -2.27. The third kappa shape index (κ3) is 2.56. The minimum Gasteiger partial charge on any atom is -0.486 e. The van der Waals surface area contributed by atoms with E-state index in [4.69, 9.17) is 14.2 Å². The molecule has 1 N–H and O–H groups in total. The number of H-pyrrole nitrogens is 1. The van der Waals surface area contributed by atoms with Crippen LogP contribution < -0.4 is 14.4 Å². The molecule has 128 valence electrons. The number of aromatic nitrogens is 3. The summed E-state index contributed by atoms with van der Waals surface area (Å²) in [4.78, 5) is 6.75. The third-order valence-corrected chi connectivity index (χ3v) is 4.58. The minimum atomic E-state index is 0.572. The van der Waals surface area contributed by atoms with E-state index >= 15 is 0 Å². The molecule has 0 saturated carbocycles. The molecule has 1 saturated heterocycles. The van der Waals surface area contributed by atoms with Crippen LogP contribution in [0.5, 0.6) is 11.5 Å². The van der Waals surface area contributed by atoms with Crippen molar-refractivity contribution in [2.45, 2.75) is 0 Å². The van der Waals surface area contributed by atoms with Crippen molar-refractivity contribution in [1.29, 1.82) is 0 Å². The molecule has 4 heterocycles. The van der Waals surface area contributed by atoms with Crippen LogP contribution >= 0.6 is 0 Å². The fourth-order valence-corrected chi connectivity index (χ4v) is 3.30. The monoisotopic (exact) mass is 338 g/mol. The van der Waals surface area contributed by atoms with E-state index in [0.717, 1.165) is 65.8 Å². The average Bonchev–Trinajstić information content (AvgIpc) is 3.10. The van der Waals surface area contributed by atoms with E-state index in [0.29, 0.717) is 13.2 Å². The molecule has 7 nitrogen and oxygen atoms in total. The number of aromatic amines is 1. The molecule has 25 heavy (non-hydrogen) atoms. The van der Waals surface area contributed by atoms with Crippen LogP contribution in [0, 0.1) is 0 Å². The smallest absolute Gasteiger partial charge is 0.163 e. The molecule has 0 aliphatic carbocycles. The molecule has 3 aromatic rings. The molecule has 7 heteroatoms. The average molecular weight is 338 g/mol. The van der Waals surface area contributed by atoms with Crippen LogP contribution in [0.3, 0.4) is 0 Å².